The van der Waals surface area contributed by atoms with Gasteiger partial charge >= 0.3 is 6.18 Å². The molecule has 0 saturated heterocycles. The molecule has 0 saturated carbocycles. The Kier molecular flexibility index (Phi) is 5.28. The Labute approximate surface area is 154 Å². The van der Waals surface area contributed by atoms with Crippen LogP contribution in [0.25, 0.3) is 0 Å². The Bertz CT molecular complexity index is 908. The first kappa shape index (κ1) is 18.4. The van der Waals surface area contributed by atoms with Crippen LogP contribution in [0.15, 0.2) is 40.9 Å². The molecule has 2 heterocycles. The lowest BCUT2D eigenvalue weighted by atomic mass is 10.2. The van der Waals surface area contributed by atoms with Gasteiger partial charge in [0.2, 0.25) is 5.13 Å². The Morgan fingerprint density at radius 2 is 2.00 bits per heavy atom. The molecule has 26 heavy (non-hydrogen) atoms. The molecule has 3 rings (SSSR count). The number of amides is 1. The predicted molar refractivity (Wildman–Crippen MR) is 92.1 cm³/mol. The van der Waals surface area contributed by atoms with Crippen LogP contribution in [0.3, 0.4) is 0 Å². The van der Waals surface area contributed by atoms with Crippen LogP contribution in [-0.4, -0.2) is 25.9 Å². The average Bonchev–Trinajstić information content (AvgIpc) is 3.20. The Morgan fingerprint density at radius 3 is 2.69 bits per heavy atom. The molecule has 0 aliphatic carbocycles. The second-order valence-electron chi connectivity index (χ2n) is 5.16. The van der Waals surface area contributed by atoms with E-state index in [1.54, 1.807) is 0 Å². The number of aryl methyl sites for hydroxylation is 1. The number of alkyl halides is 3. The summed E-state index contributed by atoms with van der Waals surface area (Å²) in [6.45, 7) is 0. The third-order valence-electron chi connectivity index (χ3n) is 3.17. The Morgan fingerprint density at radius 1 is 1.27 bits per heavy atom. The van der Waals surface area contributed by atoms with Gasteiger partial charge in [0.15, 0.2) is 10.0 Å². The number of nitrogens with zero attached hydrogens (tertiary/aromatic N) is 4. The Balaban J connectivity index is 1.67. The maximum absolute atomic E-state index is 12.9. The first-order valence-corrected chi connectivity index (χ1v) is 9.05. The summed E-state index contributed by atoms with van der Waals surface area (Å²) >= 11 is 2.52. The zero-order valence-electron chi connectivity index (χ0n) is 13.3. The lowest BCUT2D eigenvalue weighted by Gasteiger charge is -2.05. The molecule has 0 aliphatic rings. The largest absolute Gasteiger partial charge is 0.435 e. The molecule has 0 fully saturated rings. The van der Waals surface area contributed by atoms with Crippen LogP contribution >= 0.6 is 23.1 Å². The van der Waals surface area contributed by atoms with Crippen LogP contribution in [0.4, 0.5) is 18.3 Å². The zero-order chi connectivity index (χ0) is 18.7. The maximum Gasteiger partial charge on any atom is 0.435 e. The summed E-state index contributed by atoms with van der Waals surface area (Å²) in [5.74, 6) is -0.259. The normalized spacial score (nSPS) is 11.5. The van der Waals surface area contributed by atoms with Gasteiger partial charge in [0.05, 0.1) is 5.56 Å². The molecule has 0 atom stereocenters. The smallest absolute Gasteiger partial charge is 0.296 e. The highest BCUT2D eigenvalue weighted by Crippen LogP contribution is 2.32. The van der Waals surface area contributed by atoms with E-state index in [0.717, 1.165) is 27.8 Å². The standard InChI is InChI=1S/C15H12F3N5OS2/c1-23-7-10(11(22-23)15(16,17)18)12(24)19-13-20-21-14(26-13)25-8-9-5-3-2-4-6-9/h2-7H,8H2,1H3,(H,19,20,24). The van der Waals surface area contributed by atoms with Crippen molar-refractivity contribution in [2.24, 2.45) is 7.05 Å². The lowest BCUT2D eigenvalue weighted by molar-refractivity contribution is -0.141. The molecule has 2 aromatic heterocycles. The molecule has 3 aromatic rings. The van der Waals surface area contributed by atoms with Gasteiger partial charge < -0.3 is 0 Å². The van der Waals surface area contributed by atoms with Crippen LogP contribution in [0.1, 0.15) is 21.6 Å². The summed E-state index contributed by atoms with van der Waals surface area (Å²) in [6, 6.07) is 9.71. The fourth-order valence-electron chi connectivity index (χ4n) is 2.07. The maximum atomic E-state index is 12.9. The van der Waals surface area contributed by atoms with Crippen LogP contribution < -0.4 is 5.32 Å². The van der Waals surface area contributed by atoms with E-state index in [9.17, 15) is 18.0 Å². The van der Waals surface area contributed by atoms with Crippen LogP contribution in [-0.2, 0) is 19.0 Å². The number of carbonyl (C=O) groups is 1. The second kappa shape index (κ2) is 7.46. The first-order valence-electron chi connectivity index (χ1n) is 7.25. The minimum absolute atomic E-state index is 0.127. The van der Waals surface area contributed by atoms with Gasteiger partial charge in [0, 0.05) is 19.0 Å². The predicted octanol–water partition coefficient (Wildman–Crippen LogP) is 3.84. The molecule has 0 unspecified atom stereocenters. The minimum atomic E-state index is -4.72. The van der Waals surface area contributed by atoms with E-state index < -0.39 is 23.3 Å². The number of hydrogen-bond donors (Lipinski definition) is 1. The van der Waals surface area contributed by atoms with E-state index in [2.05, 4.69) is 20.6 Å². The third kappa shape index (κ3) is 4.41. The van der Waals surface area contributed by atoms with Crippen LogP contribution in [0.5, 0.6) is 0 Å². The molecule has 0 aliphatic heterocycles. The second-order valence-corrected chi connectivity index (χ2v) is 7.36. The van der Waals surface area contributed by atoms with Crippen molar-refractivity contribution in [2.45, 2.75) is 16.3 Å². The van der Waals surface area contributed by atoms with E-state index in [-0.39, 0.29) is 5.13 Å². The molecule has 136 valence electrons. The molecular weight excluding hydrogens is 387 g/mol. The van der Waals surface area contributed by atoms with Gasteiger partial charge in [0.1, 0.15) is 0 Å². The van der Waals surface area contributed by atoms with Gasteiger partial charge in [-0.2, -0.15) is 18.3 Å². The SMILES string of the molecule is Cn1cc(C(=O)Nc2nnc(SCc3ccccc3)s2)c(C(F)(F)F)n1. The van der Waals surface area contributed by atoms with Crippen molar-refractivity contribution >= 4 is 34.1 Å². The molecular formula is C15H12F3N5OS2. The number of anilines is 1. The number of aromatic nitrogens is 4. The van der Waals surface area contributed by atoms with Crippen molar-refractivity contribution in [2.75, 3.05) is 5.32 Å². The summed E-state index contributed by atoms with van der Waals surface area (Å²) in [6.07, 6.45) is -3.70. The molecule has 1 amide bonds. The van der Waals surface area contributed by atoms with Crippen molar-refractivity contribution in [3.8, 4) is 0 Å². The summed E-state index contributed by atoms with van der Waals surface area (Å²) in [5.41, 5.74) is -0.696. The highest BCUT2D eigenvalue weighted by molar-refractivity contribution is 8.00. The van der Waals surface area contributed by atoms with Crippen molar-refractivity contribution in [1.29, 1.82) is 0 Å². The fourth-order valence-corrected chi connectivity index (χ4v) is 3.77. The number of nitrogens with one attached hydrogen (secondary N) is 1. The lowest BCUT2D eigenvalue weighted by Crippen LogP contribution is -2.17. The third-order valence-corrected chi connectivity index (χ3v) is 5.22. The van der Waals surface area contributed by atoms with E-state index in [1.165, 1.54) is 18.8 Å². The van der Waals surface area contributed by atoms with Gasteiger partial charge in [-0.05, 0) is 5.56 Å². The molecule has 1 aromatic carbocycles. The molecule has 1 N–H and O–H groups in total. The van der Waals surface area contributed by atoms with Gasteiger partial charge in [-0.15, -0.1) is 10.2 Å². The summed E-state index contributed by atoms with van der Waals surface area (Å²) in [5, 5.41) is 13.5. The zero-order valence-corrected chi connectivity index (χ0v) is 15.0. The monoisotopic (exact) mass is 399 g/mol. The van der Waals surface area contributed by atoms with E-state index in [0.29, 0.717) is 10.1 Å². The molecule has 11 heteroatoms. The summed E-state index contributed by atoms with van der Waals surface area (Å²) < 4.78 is 40.4. The minimum Gasteiger partial charge on any atom is -0.296 e. The van der Waals surface area contributed by atoms with Crippen molar-refractivity contribution < 1.29 is 18.0 Å². The van der Waals surface area contributed by atoms with Crippen molar-refractivity contribution in [1.82, 2.24) is 20.0 Å². The Hall–Kier alpha value is -2.40. The number of hydrogen-bond acceptors (Lipinski definition) is 6. The highest BCUT2D eigenvalue weighted by Gasteiger charge is 2.39. The van der Waals surface area contributed by atoms with Gasteiger partial charge in [-0.25, -0.2) is 0 Å². The van der Waals surface area contributed by atoms with Crippen molar-refractivity contribution in [3.63, 3.8) is 0 Å². The molecule has 0 spiro atoms. The van der Waals surface area contributed by atoms with Gasteiger partial charge in [-0.3, -0.25) is 14.8 Å². The summed E-state index contributed by atoms with van der Waals surface area (Å²) in [7, 11) is 1.31. The topological polar surface area (TPSA) is 72.7 Å². The number of rotatable bonds is 5. The molecule has 0 bridgehead atoms. The van der Waals surface area contributed by atoms with Gasteiger partial charge in [-0.1, -0.05) is 53.4 Å². The first-order chi connectivity index (χ1) is 12.3. The molecule has 0 radical (unpaired) electrons. The fraction of sp³-hybridized carbons (Fsp3) is 0.200. The van der Waals surface area contributed by atoms with E-state index in [1.807, 2.05) is 30.3 Å². The van der Waals surface area contributed by atoms with Crippen molar-refractivity contribution in [3.05, 3.63) is 53.3 Å². The van der Waals surface area contributed by atoms with E-state index in [4.69, 9.17) is 0 Å². The average molecular weight is 399 g/mol. The number of halogens is 3. The van der Waals surface area contributed by atoms with Crippen LogP contribution in [0, 0.1) is 0 Å². The van der Waals surface area contributed by atoms with Gasteiger partial charge in [0.25, 0.3) is 5.91 Å². The number of carbonyl (C=O) groups excluding carboxylic acids is 1. The highest BCUT2D eigenvalue weighted by atomic mass is 32.2. The van der Waals surface area contributed by atoms with Crippen LogP contribution in [0.2, 0.25) is 0 Å². The molecule has 6 nitrogen and oxygen atoms in total. The number of benzene rings is 1. The summed E-state index contributed by atoms with van der Waals surface area (Å²) in [4.78, 5) is 12.2. The quantitative estimate of drug-likeness (QED) is 0.521. The number of thioether (sulfide) groups is 1. The van der Waals surface area contributed by atoms with E-state index >= 15 is 0 Å².